The van der Waals surface area contributed by atoms with Crippen molar-refractivity contribution in [2.45, 2.75) is 45.6 Å². The smallest absolute Gasteiger partial charge is 0.129 e. The average Bonchev–Trinajstić information content (AvgIpc) is 2.30. The second kappa shape index (κ2) is 7.64. The van der Waals surface area contributed by atoms with E-state index in [2.05, 4.69) is 24.1 Å². The summed E-state index contributed by atoms with van der Waals surface area (Å²) < 4.78 is 0. The summed E-state index contributed by atoms with van der Waals surface area (Å²) in [5.41, 5.74) is 1.24. The monoisotopic (exact) mass is 240 g/mol. The lowest BCUT2D eigenvalue weighted by Gasteiger charge is -2.15. The maximum atomic E-state index is 5.73. The van der Waals surface area contributed by atoms with Crippen molar-refractivity contribution in [1.82, 2.24) is 10.3 Å². The minimum Gasteiger partial charge on any atom is -0.314 e. The first-order valence-corrected chi connectivity index (χ1v) is 6.47. The standard InChI is InChI=1S/C13H21ClN2/c1-3-5-12(4-2)15-9-8-11-6-7-13(14)16-10-11/h6-7,10,12,15H,3-5,8-9H2,1-2H3. The fourth-order valence-corrected chi connectivity index (χ4v) is 1.89. The topological polar surface area (TPSA) is 24.9 Å². The second-order valence-corrected chi connectivity index (χ2v) is 4.47. The predicted molar refractivity (Wildman–Crippen MR) is 69.9 cm³/mol. The molecule has 0 saturated carbocycles. The lowest BCUT2D eigenvalue weighted by atomic mass is 10.1. The Bertz CT molecular complexity index is 284. The van der Waals surface area contributed by atoms with Gasteiger partial charge in [-0.15, -0.1) is 0 Å². The van der Waals surface area contributed by atoms with Gasteiger partial charge in [-0.2, -0.15) is 0 Å². The van der Waals surface area contributed by atoms with Crippen LogP contribution in [0.4, 0.5) is 0 Å². The van der Waals surface area contributed by atoms with Gasteiger partial charge in [0, 0.05) is 12.2 Å². The van der Waals surface area contributed by atoms with Crippen LogP contribution in [-0.4, -0.2) is 17.6 Å². The summed E-state index contributed by atoms with van der Waals surface area (Å²) >= 11 is 5.73. The van der Waals surface area contributed by atoms with Crippen LogP contribution in [0.25, 0.3) is 0 Å². The highest BCUT2D eigenvalue weighted by molar-refractivity contribution is 6.29. The van der Waals surface area contributed by atoms with Gasteiger partial charge >= 0.3 is 0 Å². The van der Waals surface area contributed by atoms with Crippen LogP contribution in [0, 0.1) is 0 Å². The number of hydrogen-bond acceptors (Lipinski definition) is 2. The Hall–Kier alpha value is -0.600. The molecule has 0 aliphatic rings. The molecule has 3 heteroatoms. The molecule has 0 aromatic carbocycles. The largest absolute Gasteiger partial charge is 0.314 e. The van der Waals surface area contributed by atoms with E-state index in [1.807, 2.05) is 18.3 Å². The van der Waals surface area contributed by atoms with Gasteiger partial charge in [0.25, 0.3) is 0 Å². The van der Waals surface area contributed by atoms with E-state index in [0.717, 1.165) is 13.0 Å². The summed E-state index contributed by atoms with van der Waals surface area (Å²) in [6.45, 7) is 5.48. The number of nitrogens with one attached hydrogen (secondary N) is 1. The Morgan fingerprint density at radius 1 is 1.38 bits per heavy atom. The van der Waals surface area contributed by atoms with E-state index >= 15 is 0 Å². The van der Waals surface area contributed by atoms with Gasteiger partial charge in [0.1, 0.15) is 5.15 Å². The van der Waals surface area contributed by atoms with Gasteiger partial charge < -0.3 is 5.32 Å². The van der Waals surface area contributed by atoms with Crippen molar-refractivity contribution in [2.75, 3.05) is 6.54 Å². The minimum absolute atomic E-state index is 0.564. The van der Waals surface area contributed by atoms with Crippen LogP contribution in [0.2, 0.25) is 5.15 Å². The van der Waals surface area contributed by atoms with Gasteiger partial charge in [-0.1, -0.05) is 37.9 Å². The summed E-state index contributed by atoms with van der Waals surface area (Å²) in [6, 6.07) is 4.54. The number of rotatable bonds is 7. The second-order valence-electron chi connectivity index (χ2n) is 4.09. The number of pyridine rings is 1. The molecule has 1 unspecified atom stereocenters. The lowest BCUT2D eigenvalue weighted by molar-refractivity contribution is 0.466. The fourth-order valence-electron chi connectivity index (χ4n) is 1.77. The Morgan fingerprint density at radius 3 is 2.75 bits per heavy atom. The van der Waals surface area contributed by atoms with Crippen LogP contribution in [0.15, 0.2) is 18.3 Å². The lowest BCUT2D eigenvalue weighted by Crippen LogP contribution is -2.30. The van der Waals surface area contributed by atoms with E-state index in [-0.39, 0.29) is 0 Å². The van der Waals surface area contributed by atoms with Gasteiger partial charge in [0.05, 0.1) is 0 Å². The highest BCUT2D eigenvalue weighted by atomic mass is 35.5. The zero-order valence-corrected chi connectivity index (χ0v) is 10.9. The average molecular weight is 241 g/mol. The van der Waals surface area contributed by atoms with Crippen molar-refractivity contribution in [2.24, 2.45) is 0 Å². The fraction of sp³-hybridized carbons (Fsp3) is 0.615. The Balaban J connectivity index is 2.26. The molecule has 0 bridgehead atoms. The van der Waals surface area contributed by atoms with E-state index in [9.17, 15) is 0 Å². The summed E-state index contributed by atoms with van der Waals surface area (Å²) in [6.07, 6.45) is 6.57. The van der Waals surface area contributed by atoms with Crippen LogP contribution in [-0.2, 0) is 6.42 Å². The van der Waals surface area contributed by atoms with E-state index in [1.165, 1.54) is 24.8 Å². The molecule has 1 atom stereocenters. The zero-order chi connectivity index (χ0) is 11.8. The first-order valence-electron chi connectivity index (χ1n) is 6.10. The third-order valence-corrected chi connectivity index (χ3v) is 2.99. The predicted octanol–water partition coefficient (Wildman–Crippen LogP) is 3.45. The Morgan fingerprint density at radius 2 is 2.19 bits per heavy atom. The summed E-state index contributed by atoms with van der Waals surface area (Å²) in [5.74, 6) is 0. The molecule has 0 fully saturated rings. The molecule has 16 heavy (non-hydrogen) atoms. The molecule has 1 N–H and O–H groups in total. The van der Waals surface area contributed by atoms with Gasteiger partial charge in [0.2, 0.25) is 0 Å². The maximum Gasteiger partial charge on any atom is 0.129 e. The van der Waals surface area contributed by atoms with Gasteiger partial charge in [-0.3, -0.25) is 0 Å². The molecule has 1 aromatic heterocycles. The van der Waals surface area contributed by atoms with Crippen LogP contribution in [0.1, 0.15) is 38.7 Å². The highest BCUT2D eigenvalue weighted by Gasteiger charge is 2.03. The van der Waals surface area contributed by atoms with Crippen LogP contribution in [0.3, 0.4) is 0 Å². The molecule has 1 aromatic rings. The molecule has 0 saturated heterocycles. The molecule has 0 aliphatic heterocycles. The van der Waals surface area contributed by atoms with Crippen LogP contribution < -0.4 is 5.32 Å². The maximum absolute atomic E-state index is 5.73. The van der Waals surface area contributed by atoms with Crippen molar-refractivity contribution in [3.63, 3.8) is 0 Å². The summed E-state index contributed by atoms with van der Waals surface area (Å²) in [4.78, 5) is 4.07. The van der Waals surface area contributed by atoms with E-state index in [4.69, 9.17) is 11.6 Å². The SMILES string of the molecule is CCCC(CC)NCCc1ccc(Cl)nc1. The van der Waals surface area contributed by atoms with Crippen molar-refractivity contribution in [3.05, 3.63) is 29.0 Å². The molecule has 0 amide bonds. The zero-order valence-electron chi connectivity index (χ0n) is 10.2. The van der Waals surface area contributed by atoms with E-state index in [1.54, 1.807) is 0 Å². The Labute approximate surface area is 103 Å². The van der Waals surface area contributed by atoms with Crippen molar-refractivity contribution in [1.29, 1.82) is 0 Å². The van der Waals surface area contributed by atoms with Crippen LogP contribution in [0.5, 0.6) is 0 Å². The third kappa shape index (κ3) is 4.95. The van der Waals surface area contributed by atoms with Crippen molar-refractivity contribution < 1.29 is 0 Å². The van der Waals surface area contributed by atoms with Crippen LogP contribution >= 0.6 is 11.6 Å². The molecule has 1 heterocycles. The molecular formula is C13H21ClN2. The third-order valence-electron chi connectivity index (χ3n) is 2.77. The highest BCUT2D eigenvalue weighted by Crippen LogP contribution is 2.06. The molecule has 90 valence electrons. The molecular weight excluding hydrogens is 220 g/mol. The van der Waals surface area contributed by atoms with E-state index < -0.39 is 0 Å². The first kappa shape index (κ1) is 13.5. The first-order chi connectivity index (χ1) is 7.76. The number of nitrogens with zero attached hydrogens (tertiary/aromatic N) is 1. The van der Waals surface area contributed by atoms with Gasteiger partial charge in [-0.25, -0.2) is 4.98 Å². The van der Waals surface area contributed by atoms with Crippen molar-refractivity contribution >= 4 is 11.6 Å². The van der Waals surface area contributed by atoms with Gasteiger partial charge in [0.15, 0.2) is 0 Å². The Kier molecular flexibility index (Phi) is 6.43. The van der Waals surface area contributed by atoms with Crippen molar-refractivity contribution in [3.8, 4) is 0 Å². The quantitative estimate of drug-likeness (QED) is 0.739. The molecule has 2 nitrogen and oxygen atoms in total. The minimum atomic E-state index is 0.564. The molecule has 0 radical (unpaired) electrons. The molecule has 0 spiro atoms. The molecule has 1 rings (SSSR count). The number of halogens is 1. The summed E-state index contributed by atoms with van der Waals surface area (Å²) in [7, 11) is 0. The van der Waals surface area contributed by atoms with Gasteiger partial charge in [-0.05, 0) is 37.4 Å². The number of aromatic nitrogens is 1. The van der Waals surface area contributed by atoms with E-state index in [0.29, 0.717) is 11.2 Å². The molecule has 0 aliphatic carbocycles. The normalized spacial score (nSPS) is 12.7. The summed E-state index contributed by atoms with van der Waals surface area (Å²) in [5, 5.41) is 4.14. The number of hydrogen-bond donors (Lipinski definition) is 1.